The SMILES string of the molecule is Nc1cc(N)cc(C(=O)Nc2ccc(Oc3ccc(C(F)(F)F)cc3)cc2)c1. The van der Waals surface area contributed by atoms with Gasteiger partial charge in [0.25, 0.3) is 5.91 Å². The van der Waals surface area contributed by atoms with Crippen LogP contribution in [0.4, 0.5) is 30.2 Å². The molecular weight excluding hydrogens is 371 g/mol. The molecule has 0 aliphatic heterocycles. The maximum absolute atomic E-state index is 12.6. The van der Waals surface area contributed by atoms with E-state index in [1.807, 2.05) is 0 Å². The van der Waals surface area contributed by atoms with Crippen LogP contribution >= 0.6 is 0 Å². The van der Waals surface area contributed by atoms with E-state index < -0.39 is 11.7 Å². The van der Waals surface area contributed by atoms with Crippen LogP contribution in [0.2, 0.25) is 0 Å². The first kappa shape index (κ1) is 19.1. The normalized spacial score (nSPS) is 11.1. The molecule has 0 fully saturated rings. The zero-order valence-electron chi connectivity index (χ0n) is 14.5. The van der Waals surface area contributed by atoms with Crippen molar-refractivity contribution >= 4 is 23.0 Å². The third-order valence-electron chi connectivity index (χ3n) is 3.77. The number of rotatable bonds is 4. The van der Waals surface area contributed by atoms with Gasteiger partial charge in [0, 0.05) is 22.6 Å². The van der Waals surface area contributed by atoms with Gasteiger partial charge in [-0.1, -0.05) is 0 Å². The van der Waals surface area contributed by atoms with Gasteiger partial charge in [0.1, 0.15) is 11.5 Å². The number of anilines is 3. The summed E-state index contributed by atoms with van der Waals surface area (Å²) in [6.07, 6.45) is -4.40. The second kappa shape index (κ2) is 7.51. The van der Waals surface area contributed by atoms with E-state index in [1.54, 1.807) is 30.3 Å². The molecule has 3 aromatic carbocycles. The summed E-state index contributed by atoms with van der Waals surface area (Å²) in [6.45, 7) is 0. The molecule has 0 aliphatic rings. The molecule has 3 rings (SSSR count). The van der Waals surface area contributed by atoms with Crippen molar-refractivity contribution in [1.82, 2.24) is 0 Å². The van der Waals surface area contributed by atoms with Crippen molar-refractivity contribution in [3.05, 3.63) is 77.9 Å². The van der Waals surface area contributed by atoms with E-state index >= 15 is 0 Å². The number of nitrogens with two attached hydrogens (primary N) is 2. The Bertz CT molecular complexity index is 965. The Morgan fingerprint density at radius 3 is 1.82 bits per heavy atom. The van der Waals surface area contributed by atoms with E-state index in [0.29, 0.717) is 28.4 Å². The molecule has 5 N–H and O–H groups in total. The van der Waals surface area contributed by atoms with Crippen LogP contribution in [0.1, 0.15) is 15.9 Å². The summed E-state index contributed by atoms with van der Waals surface area (Å²) in [7, 11) is 0. The topological polar surface area (TPSA) is 90.4 Å². The number of ether oxygens (including phenoxy) is 1. The van der Waals surface area contributed by atoms with Gasteiger partial charge in [0.2, 0.25) is 0 Å². The molecule has 0 heterocycles. The molecular formula is C20H16F3N3O2. The highest BCUT2D eigenvalue weighted by Gasteiger charge is 2.30. The van der Waals surface area contributed by atoms with Crippen molar-refractivity contribution in [2.24, 2.45) is 0 Å². The molecule has 0 aliphatic carbocycles. The number of carbonyl (C=O) groups excluding carboxylic acids is 1. The lowest BCUT2D eigenvalue weighted by Crippen LogP contribution is -2.12. The summed E-state index contributed by atoms with van der Waals surface area (Å²) in [5.41, 5.74) is 12.2. The molecule has 1 amide bonds. The minimum absolute atomic E-state index is 0.264. The lowest BCUT2D eigenvalue weighted by molar-refractivity contribution is -0.137. The predicted molar refractivity (Wildman–Crippen MR) is 101 cm³/mol. The number of amides is 1. The minimum atomic E-state index is -4.40. The first-order valence-corrected chi connectivity index (χ1v) is 8.13. The molecule has 0 spiro atoms. The Balaban J connectivity index is 1.65. The summed E-state index contributed by atoms with van der Waals surface area (Å²) < 4.78 is 43.2. The van der Waals surface area contributed by atoms with Crippen molar-refractivity contribution in [2.75, 3.05) is 16.8 Å². The van der Waals surface area contributed by atoms with Gasteiger partial charge in [-0.05, 0) is 66.7 Å². The minimum Gasteiger partial charge on any atom is -0.457 e. The molecule has 0 unspecified atom stereocenters. The van der Waals surface area contributed by atoms with Crippen molar-refractivity contribution in [2.45, 2.75) is 6.18 Å². The van der Waals surface area contributed by atoms with E-state index in [9.17, 15) is 18.0 Å². The highest BCUT2D eigenvalue weighted by molar-refractivity contribution is 6.05. The lowest BCUT2D eigenvalue weighted by Gasteiger charge is -2.10. The van der Waals surface area contributed by atoms with Gasteiger partial charge < -0.3 is 21.5 Å². The second-order valence-electron chi connectivity index (χ2n) is 5.99. The number of nitrogen functional groups attached to an aromatic ring is 2. The number of alkyl halides is 3. The van der Waals surface area contributed by atoms with E-state index in [0.717, 1.165) is 12.1 Å². The van der Waals surface area contributed by atoms with E-state index in [-0.39, 0.29) is 11.7 Å². The first-order valence-electron chi connectivity index (χ1n) is 8.13. The van der Waals surface area contributed by atoms with Crippen LogP contribution in [0.15, 0.2) is 66.7 Å². The molecule has 0 bridgehead atoms. The fourth-order valence-electron chi connectivity index (χ4n) is 2.47. The van der Waals surface area contributed by atoms with Gasteiger partial charge in [0.05, 0.1) is 5.56 Å². The first-order chi connectivity index (χ1) is 13.2. The number of hydrogen-bond donors (Lipinski definition) is 3. The highest BCUT2D eigenvalue weighted by Crippen LogP contribution is 2.31. The number of hydrogen-bond acceptors (Lipinski definition) is 4. The van der Waals surface area contributed by atoms with Gasteiger partial charge in [-0.2, -0.15) is 13.2 Å². The van der Waals surface area contributed by atoms with Crippen molar-refractivity contribution < 1.29 is 22.7 Å². The van der Waals surface area contributed by atoms with Crippen molar-refractivity contribution in [3.63, 3.8) is 0 Å². The average molecular weight is 387 g/mol. The number of halogens is 3. The average Bonchev–Trinajstić information content (AvgIpc) is 2.62. The Morgan fingerprint density at radius 1 is 0.821 bits per heavy atom. The molecule has 0 aromatic heterocycles. The van der Waals surface area contributed by atoms with E-state index in [1.165, 1.54) is 24.3 Å². The predicted octanol–water partition coefficient (Wildman–Crippen LogP) is 4.91. The van der Waals surface area contributed by atoms with Gasteiger partial charge in [-0.3, -0.25) is 4.79 Å². The number of carbonyl (C=O) groups is 1. The highest BCUT2D eigenvalue weighted by atomic mass is 19.4. The van der Waals surface area contributed by atoms with Crippen LogP contribution in [0.25, 0.3) is 0 Å². The Hall–Kier alpha value is -3.68. The van der Waals surface area contributed by atoms with Crippen molar-refractivity contribution in [1.29, 1.82) is 0 Å². The number of benzene rings is 3. The molecule has 0 saturated heterocycles. The standard InChI is InChI=1S/C20H16F3N3O2/c21-20(22,23)13-1-5-17(6-2-13)28-18-7-3-16(4-8-18)26-19(27)12-9-14(24)11-15(25)10-12/h1-11H,24-25H2,(H,26,27). The van der Waals surface area contributed by atoms with Gasteiger partial charge in [-0.25, -0.2) is 0 Å². The lowest BCUT2D eigenvalue weighted by atomic mass is 10.1. The summed E-state index contributed by atoms with van der Waals surface area (Å²) in [6, 6.07) is 15.3. The smallest absolute Gasteiger partial charge is 0.416 e. The monoisotopic (exact) mass is 387 g/mol. The van der Waals surface area contributed by atoms with Crippen LogP contribution in [0, 0.1) is 0 Å². The third kappa shape index (κ3) is 4.73. The second-order valence-corrected chi connectivity index (χ2v) is 5.99. The zero-order valence-corrected chi connectivity index (χ0v) is 14.5. The van der Waals surface area contributed by atoms with Crippen LogP contribution < -0.4 is 21.5 Å². The van der Waals surface area contributed by atoms with E-state index in [2.05, 4.69) is 5.32 Å². The fourth-order valence-corrected chi connectivity index (χ4v) is 2.47. The largest absolute Gasteiger partial charge is 0.457 e. The van der Waals surface area contributed by atoms with Crippen LogP contribution in [-0.4, -0.2) is 5.91 Å². The summed E-state index contributed by atoms with van der Waals surface area (Å²) in [4.78, 5) is 12.3. The molecule has 28 heavy (non-hydrogen) atoms. The van der Waals surface area contributed by atoms with Crippen LogP contribution in [0.3, 0.4) is 0 Å². The van der Waals surface area contributed by atoms with Crippen LogP contribution in [-0.2, 0) is 6.18 Å². The Labute approximate surface area is 158 Å². The number of nitrogens with one attached hydrogen (secondary N) is 1. The molecule has 0 radical (unpaired) electrons. The third-order valence-corrected chi connectivity index (χ3v) is 3.77. The molecule has 5 nitrogen and oxygen atoms in total. The van der Waals surface area contributed by atoms with Gasteiger partial charge in [0.15, 0.2) is 0 Å². The quantitative estimate of drug-likeness (QED) is 0.555. The maximum atomic E-state index is 12.6. The molecule has 3 aromatic rings. The maximum Gasteiger partial charge on any atom is 0.416 e. The molecule has 144 valence electrons. The van der Waals surface area contributed by atoms with Gasteiger partial charge in [-0.15, -0.1) is 0 Å². The Morgan fingerprint density at radius 2 is 1.32 bits per heavy atom. The van der Waals surface area contributed by atoms with Crippen molar-refractivity contribution in [3.8, 4) is 11.5 Å². The van der Waals surface area contributed by atoms with E-state index in [4.69, 9.17) is 16.2 Å². The zero-order chi connectivity index (χ0) is 20.3. The fraction of sp³-hybridized carbons (Fsp3) is 0.0500. The molecule has 0 saturated carbocycles. The Kier molecular flexibility index (Phi) is 5.12. The molecule has 8 heteroatoms. The summed E-state index contributed by atoms with van der Waals surface area (Å²) >= 11 is 0. The summed E-state index contributed by atoms with van der Waals surface area (Å²) in [5, 5.41) is 2.70. The van der Waals surface area contributed by atoms with Gasteiger partial charge >= 0.3 is 6.18 Å². The summed E-state index contributed by atoms with van der Waals surface area (Å²) in [5.74, 6) is 0.293. The molecule has 0 atom stereocenters. The van der Waals surface area contributed by atoms with Crippen LogP contribution in [0.5, 0.6) is 11.5 Å².